The molecule has 8 heteroatoms. The normalized spacial score (nSPS) is 15.4. The van der Waals surface area contributed by atoms with E-state index < -0.39 is 0 Å². The summed E-state index contributed by atoms with van der Waals surface area (Å²) in [5.74, 6) is 2.04. The van der Waals surface area contributed by atoms with E-state index in [-0.39, 0.29) is 5.56 Å². The topological polar surface area (TPSA) is 70.0 Å². The van der Waals surface area contributed by atoms with Crippen LogP contribution in [0.5, 0.6) is 0 Å². The van der Waals surface area contributed by atoms with Gasteiger partial charge in [-0.1, -0.05) is 43.2 Å². The van der Waals surface area contributed by atoms with Gasteiger partial charge in [-0.2, -0.15) is 0 Å². The second-order valence-corrected chi connectivity index (χ2v) is 9.09. The van der Waals surface area contributed by atoms with Crippen LogP contribution in [0.2, 0.25) is 0 Å². The molecule has 0 N–H and O–H groups in total. The van der Waals surface area contributed by atoms with E-state index >= 15 is 0 Å². The van der Waals surface area contributed by atoms with Gasteiger partial charge in [0.15, 0.2) is 5.16 Å². The number of aromatic nitrogens is 6. The zero-order valence-electron chi connectivity index (χ0n) is 17.6. The van der Waals surface area contributed by atoms with Crippen molar-refractivity contribution in [3.8, 4) is 0 Å². The summed E-state index contributed by atoms with van der Waals surface area (Å²) in [5, 5.41) is 10.5. The summed E-state index contributed by atoms with van der Waals surface area (Å²) in [7, 11) is 1.75. The van der Waals surface area contributed by atoms with Crippen LogP contribution in [0.4, 0.5) is 0 Å². The molecule has 0 spiro atoms. The highest BCUT2D eigenvalue weighted by Gasteiger charge is 2.23. The molecule has 1 aromatic carbocycles. The lowest BCUT2D eigenvalue weighted by Crippen LogP contribution is -2.20. The predicted molar refractivity (Wildman–Crippen MR) is 119 cm³/mol. The summed E-state index contributed by atoms with van der Waals surface area (Å²) in [6, 6.07) is 8.19. The molecule has 0 saturated heterocycles. The molecule has 0 aliphatic heterocycles. The van der Waals surface area contributed by atoms with Crippen molar-refractivity contribution in [3.05, 3.63) is 51.8 Å². The lowest BCUT2D eigenvalue weighted by Gasteiger charge is -2.26. The van der Waals surface area contributed by atoms with E-state index in [0.717, 1.165) is 22.2 Å². The number of imidazole rings is 1. The van der Waals surface area contributed by atoms with Crippen molar-refractivity contribution in [1.82, 2.24) is 28.7 Å². The lowest BCUT2D eigenvalue weighted by atomic mass is 9.95. The molecule has 1 fully saturated rings. The Morgan fingerprint density at radius 2 is 1.87 bits per heavy atom. The maximum Gasteiger partial charge on any atom is 0.262 e. The van der Waals surface area contributed by atoms with Crippen LogP contribution in [-0.4, -0.2) is 28.7 Å². The zero-order valence-corrected chi connectivity index (χ0v) is 18.4. The van der Waals surface area contributed by atoms with Gasteiger partial charge in [0, 0.05) is 18.8 Å². The van der Waals surface area contributed by atoms with Crippen LogP contribution < -0.4 is 5.56 Å². The standard InChI is InChI=1S/C22H26N6OS/c1-14-15(2)27(16-9-5-4-6-10-16)22(23-14)30-13-19-24-25-21-26(3)20(29)17-11-7-8-12-18(17)28(19)21/h7-8,11-12,16H,4-6,9-10,13H2,1-3H3. The van der Waals surface area contributed by atoms with E-state index in [1.54, 1.807) is 23.4 Å². The minimum atomic E-state index is -0.0520. The van der Waals surface area contributed by atoms with Crippen molar-refractivity contribution in [2.24, 2.45) is 7.05 Å². The molecule has 1 saturated carbocycles. The molecule has 3 aromatic heterocycles. The summed E-state index contributed by atoms with van der Waals surface area (Å²) < 4.78 is 6.01. The molecule has 0 radical (unpaired) electrons. The Hall–Kier alpha value is -2.61. The maximum atomic E-state index is 12.7. The number of thioether (sulfide) groups is 1. The van der Waals surface area contributed by atoms with Crippen molar-refractivity contribution in [3.63, 3.8) is 0 Å². The van der Waals surface area contributed by atoms with E-state index in [1.165, 1.54) is 37.8 Å². The first-order chi connectivity index (χ1) is 14.6. The van der Waals surface area contributed by atoms with E-state index in [0.29, 0.717) is 23.0 Å². The molecule has 4 aromatic rings. The van der Waals surface area contributed by atoms with Gasteiger partial charge in [0.25, 0.3) is 5.56 Å². The molecule has 30 heavy (non-hydrogen) atoms. The lowest BCUT2D eigenvalue weighted by molar-refractivity contribution is 0.332. The molecule has 156 valence electrons. The minimum Gasteiger partial charge on any atom is -0.320 e. The molecule has 7 nitrogen and oxygen atoms in total. The van der Waals surface area contributed by atoms with Crippen molar-refractivity contribution >= 4 is 28.4 Å². The van der Waals surface area contributed by atoms with Gasteiger partial charge in [-0.15, -0.1) is 10.2 Å². The quantitative estimate of drug-likeness (QED) is 0.461. The van der Waals surface area contributed by atoms with Crippen LogP contribution in [0.15, 0.2) is 34.2 Å². The summed E-state index contributed by atoms with van der Waals surface area (Å²) in [4.78, 5) is 17.5. The fraction of sp³-hybridized carbons (Fsp3) is 0.455. The molecule has 1 aliphatic carbocycles. The predicted octanol–water partition coefficient (Wildman–Crippen LogP) is 4.19. The first-order valence-electron chi connectivity index (χ1n) is 10.6. The van der Waals surface area contributed by atoms with Gasteiger partial charge in [0.2, 0.25) is 5.78 Å². The third-order valence-corrected chi connectivity index (χ3v) is 7.27. The monoisotopic (exact) mass is 422 g/mol. The van der Waals surface area contributed by atoms with Crippen molar-refractivity contribution in [2.75, 3.05) is 0 Å². The number of hydrogen-bond donors (Lipinski definition) is 0. The van der Waals surface area contributed by atoms with E-state index in [4.69, 9.17) is 4.98 Å². The fourth-order valence-electron chi connectivity index (χ4n) is 4.58. The van der Waals surface area contributed by atoms with Crippen LogP contribution in [0.1, 0.15) is 55.4 Å². The number of benzene rings is 1. The maximum absolute atomic E-state index is 12.7. The Kier molecular flexibility index (Phi) is 4.89. The number of rotatable bonds is 4. The van der Waals surface area contributed by atoms with Gasteiger partial charge in [-0.25, -0.2) is 4.98 Å². The van der Waals surface area contributed by atoms with Gasteiger partial charge in [0.05, 0.1) is 22.3 Å². The van der Waals surface area contributed by atoms with E-state index in [2.05, 4.69) is 28.6 Å². The molecule has 5 rings (SSSR count). The number of fused-ring (bicyclic) bond motifs is 3. The summed E-state index contributed by atoms with van der Waals surface area (Å²) in [6.45, 7) is 4.27. The summed E-state index contributed by atoms with van der Waals surface area (Å²) >= 11 is 1.71. The smallest absolute Gasteiger partial charge is 0.262 e. The molecule has 0 unspecified atom stereocenters. The molecule has 0 atom stereocenters. The van der Waals surface area contributed by atoms with Gasteiger partial charge >= 0.3 is 0 Å². The largest absolute Gasteiger partial charge is 0.320 e. The summed E-state index contributed by atoms with van der Waals surface area (Å²) in [6.07, 6.45) is 6.37. The van der Waals surface area contributed by atoms with Gasteiger partial charge in [0.1, 0.15) is 5.82 Å². The first-order valence-corrected chi connectivity index (χ1v) is 11.5. The second-order valence-electron chi connectivity index (χ2n) is 8.15. The third kappa shape index (κ3) is 3.05. The number of nitrogens with zero attached hydrogens (tertiary/aromatic N) is 6. The Morgan fingerprint density at radius 1 is 1.10 bits per heavy atom. The zero-order chi connectivity index (χ0) is 20.8. The Bertz CT molecular complexity index is 1290. The Labute approximate surface area is 179 Å². The highest BCUT2D eigenvalue weighted by molar-refractivity contribution is 7.98. The second kappa shape index (κ2) is 7.58. The van der Waals surface area contributed by atoms with Crippen LogP contribution >= 0.6 is 11.8 Å². The third-order valence-electron chi connectivity index (χ3n) is 6.32. The van der Waals surface area contributed by atoms with Crippen molar-refractivity contribution < 1.29 is 0 Å². The van der Waals surface area contributed by atoms with E-state index in [9.17, 15) is 4.79 Å². The van der Waals surface area contributed by atoms with Crippen LogP contribution in [-0.2, 0) is 12.8 Å². The van der Waals surface area contributed by atoms with Crippen LogP contribution in [0.3, 0.4) is 0 Å². The van der Waals surface area contributed by atoms with E-state index in [1.807, 2.05) is 28.7 Å². The molecule has 1 aliphatic rings. The highest BCUT2D eigenvalue weighted by atomic mass is 32.2. The van der Waals surface area contributed by atoms with Crippen LogP contribution in [0, 0.1) is 13.8 Å². The fourth-order valence-corrected chi connectivity index (χ4v) is 5.65. The first kappa shape index (κ1) is 19.4. The Morgan fingerprint density at radius 3 is 2.67 bits per heavy atom. The van der Waals surface area contributed by atoms with Gasteiger partial charge < -0.3 is 4.57 Å². The molecular formula is C22H26N6OS. The van der Waals surface area contributed by atoms with Gasteiger partial charge in [-0.05, 0) is 38.8 Å². The molecule has 0 amide bonds. The van der Waals surface area contributed by atoms with Gasteiger partial charge in [-0.3, -0.25) is 13.8 Å². The number of hydrogen-bond acceptors (Lipinski definition) is 5. The Balaban J connectivity index is 1.54. The molecule has 3 heterocycles. The number of para-hydroxylation sites is 1. The average Bonchev–Trinajstić information content (AvgIpc) is 3.32. The summed E-state index contributed by atoms with van der Waals surface area (Å²) in [5.41, 5.74) is 3.16. The van der Waals surface area contributed by atoms with Crippen LogP contribution in [0.25, 0.3) is 16.7 Å². The number of aryl methyl sites for hydroxylation is 2. The van der Waals surface area contributed by atoms with Crippen molar-refractivity contribution in [1.29, 1.82) is 0 Å². The highest BCUT2D eigenvalue weighted by Crippen LogP contribution is 2.35. The molecular weight excluding hydrogens is 396 g/mol. The SMILES string of the molecule is Cc1nc(SCc2nnc3n(C)c(=O)c4ccccc4n23)n(C2CCCCC2)c1C. The molecule has 0 bridgehead atoms. The minimum absolute atomic E-state index is 0.0520. The van der Waals surface area contributed by atoms with Crippen molar-refractivity contribution in [2.45, 2.75) is 62.9 Å². The average molecular weight is 423 g/mol.